The van der Waals surface area contributed by atoms with E-state index in [1.165, 1.54) is 0 Å². The average Bonchev–Trinajstić information content (AvgIpc) is 2.31. The monoisotopic (exact) mass is 214 g/mol. The molecule has 0 atom stereocenters. The van der Waals surface area contributed by atoms with E-state index in [2.05, 4.69) is 5.32 Å². The van der Waals surface area contributed by atoms with Crippen LogP contribution in [0.3, 0.4) is 0 Å². The Morgan fingerprint density at radius 2 is 1.75 bits per heavy atom. The molecular weight excluding hydrogens is 200 g/mol. The van der Waals surface area contributed by atoms with Crippen molar-refractivity contribution in [1.29, 1.82) is 0 Å². The maximum atomic E-state index is 9.23. The van der Waals surface area contributed by atoms with E-state index in [0.717, 1.165) is 22.5 Å². The van der Waals surface area contributed by atoms with Crippen molar-refractivity contribution in [2.75, 3.05) is 18.1 Å². The number of phenols is 1. The Morgan fingerprint density at radius 3 is 2.38 bits per heavy atom. The van der Waals surface area contributed by atoms with Crippen LogP contribution in [-0.4, -0.2) is 12.2 Å². The lowest BCUT2D eigenvalue weighted by atomic mass is 10.0. The molecule has 0 heterocycles. The van der Waals surface area contributed by atoms with E-state index in [-0.39, 0.29) is 5.75 Å². The molecule has 0 bridgehead atoms. The van der Waals surface area contributed by atoms with Crippen molar-refractivity contribution in [2.24, 2.45) is 0 Å². The molecule has 0 aliphatic heterocycles. The minimum absolute atomic E-state index is 0.257. The van der Waals surface area contributed by atoms with Crippen LogP contribution in [0, 0.1) is 0 Å². The fourth-order valence-electron chi connectivity index (χ4n) is 1.60. The first-order valence-electron chi connectivity index (χ1n) is 5.07. The van der Waals surface area contributed by atoms with Gasteiger partial charge in [0.25, 0.3) is 0 Å². The van der Waals surface area contributed by atoms with Crippen LogP contribution in [0.4, 0.5) is 11.4 Å². The number of nitrogens with two attached hydrogens (primary N) is 1. The number of anilines is 2. The number of nitrogen functional groups attached to an aromatic ring is 1. The van der Waals surface area contributed by atoms with Crippen LogP contribution in [0.25, 0.3) is 11.1 Å². The summed E-state index contributed by atoms with van der Waals surface area (Å²) in [6, 6.07) is 12.8. The Morgan fingerprint density at radius 1 is 1.06 bits per heavy atom. The molecule has 0 saturated heterocycles. The first-order valence-corrected chi connectivity index (χ1v) is 5.07. The molecule has 4 N–H and O–H groups in total. The summed E-state index contributed by atoms with van der Waals surface area (Å²) in [5.74, 6) is 0.257. The molecule has 0 spiro atoms. The van der Waals surface area contributed by atoms with Gasteiger partial charge in [0.15, 0.2) is 0 Å². The minimum atomic E-state index is 0.257. The van der Waals surface area contributed by atoms with Crippen molar-refractivity contribution < 1.29 is 5.11 Å². The highest BCUT2D eigenvalue weighted by Gasteiger charge is 2.03. The lowest BCUT2D eigenvalue weighted by Gasteiger charge is -2.08. The van der Waals surface area contributed by atoms with Crippen molar-refractivity contribution in [1.82, 2.24) is 0 Å². The second kappa shape index (κ2) is 4.14. The predicted molar refractivity (Wildman–Crippen MR) is 67.5 cm³/mol. The number of phenolic OH excluding ortho intramolecular Hbond substituents is 1. The standard InChI is InChI=1S/C13H14N2O/c1-15-10-4-7-13(14)12(8-10)9-2-5-11(16)6-3-9/h2-8,15-16H,14H2,1H3. The van der Waals surface area contributed by atoms with E-state index in [1.807, 2.05) is 37.4 Å². The predicted octanol–water partition coefficient (Wildman–Crippen LogP) is 2.68. The van der Waals surface area contributed by atoms with E-state index in [4.69, 9.17) is 5.73 Å². The van der Waals surface area contributed by atoms with Crippen LogP contribution in [-0.2, 0) is 0 Å². The first kappa shape index (κ1) is 10.4. The SMILES string of the molecule is CNc1ccc(N)c(-c2ccc(O)cc2)c1. The summed E-state index contributed by atoms with van der Waals surface area (Å²) in [7, 11) is 1.87. The molecule has 2 rings (SSSR count). The molecule has 2 aromatic rings. The zero-order valence-electron chi connectivity index (χ0n) is 9.07. The molecule has 0 radical (unpaired) electrons. The summed E-state index contributed by atoms with van der Waals surface area (Å²) >= 11 is 0. The van der Waals surface area contributed by atoms with Crippen LogP contribution in [0.15, 0.2) is 42.5 Å². The molecule has 3 nitrogen and oxygen atoms in total. The van der Waals surface area contributed by atoms with Gasteiger partial charge in [-0.05, 0) is 35.9 Å². The number of nitrogens with one attached hydrogen (secondary N) is 1. The molecule has 0 saturated carbocycles. The van der Waals surface area contributed by atoms with Gasteiger partial charge in [0, 0.05) is 24.0 Å². The van der Waals surface area contributed by atoms with E-state index < -0.39 is 0 Å². The van der Waals surface area contributed by atoms with Gasteiger partial charge in [-0.3, -0.25) is 0 Å². The van der Waals surface area contributed by atoms with Gasteiger partial charge in [-0.15, -0.1) is 0 Å². The Hall–Kier alpha value is -2.16. The van der Waals surface area contributed by atoms with Crippen LogP contribution in [0.1, 0.15) is 0 Å². The lowest BCUT2D eigenvalue weighted by molar-refractivity contribution is 0.475. The van der Waals surface area contributed by atoms with Gasteiger partial charge in [-0.2, -0.15) is 0 Å². The molecule has 0 aliphatic carbocycles. The maximum Gasteiger partial charge on any atom is 0.115 e. The summed E-state index contributed by atoms with van der Waals surface area (Å²) in [6.45, 7) is 0. The maximum absolute atomic E-state index is 9.23. The first-order chi connectivity index (χ1) is 7.70. The van der Waals surface area contributed by atoms with E-state index >= 15 is 0 Å². The molecular formula is C13H14N2O. The topological polar surface area (TPSA) is 58.3 Å². The molecule has 0 aliphatic rings. The highest BCUT2D eigenvalue weighted by Crippen LogP contribution is 2.29. The van der Waals surface area contributed by atoms with Gasteiger partial charge in [0.2, 0.25) is 0 Å². The Balaban J connectivity index is 2.50. The highest BCUT2D eigenvalue weighted by atomic mass is 16.3. The number of rotatable bonds is 2. The zero-order chi connectivity index (χ0) is 11.5. The second-order valence-corrected chi connectivity index (χ2v) is 3.60. The molecule has 2 aromatic carbocycles. The molecule has 0 amide bonds. The van der Waals surface area contributed by atoms with E-state index in [9.17, 15) is 5.11 Å². The molecule has 0 aromatic heterocycles. The summed E-state index contributed by atoms with van der Waals surface area (Å²) < 4.78 is 0. The fourth-order valence-corrected chi connectivity index (χ4v) is 1.60. The average molecular weight is 214 g/mol. The molecule has 0 fully saturated rings. The van der Waals surface area contributed by atoms with Crippen molar-refractivity contribution in [3.63, 3.8) is 0 Å². The normalized spacial score (nSPS) is 10.1. The van der Waals surface area contributed by atoms with Crippen LogP contribution < -0.4 is 11.1 Å². The quantitative estimate of drug-likeness (QED) is 0.673. The minimum Gasteiger partial charge on any atom is -0.508 e. The molecule has 0 unspecified atom stereocenters. The number of aromatic hydroxyl groups is 1. The lowest BCUT2D eigenvalue weighted by Crippen LogP contribution is -1.93. The van der Waals surface area contributed by atoms with Crippen LogP contribution in [0.2, 0.25) is 0 Å². The van der Waals surface area contributed by atoms with E-state index in [1.54, 1.807) is 12.1 Å². The number of hydrogen-bond acceptors (Lipinski definition) is 3. The third-order valence-corrected chi connectivity index (χ3v) is 2.52. The van der Waals surface area contributed by atoms with E-state index in [0.29, 0.717) is 0 Å². The Labute approximate surface area is 94.5 Å². The van der Waals surface area contributed by atoms with Gasteiger partial charge in [0.1, 0.15) is 5.75 Å². The second-order valence-electron chi connectivity index (χ2n) is 3.60. The summed E-state index contributed by atoms with van der Waals surface area (Å²) in [5.41, 5.74) is 9.62. The number of benzene rings is 2. The molecule has 16 heavy (non-hydrogen) atoms. The number of hydrogen-bond donors (Lipinski definition) is 3. The highest BCUT2D eigenvalue weighted by molar-refractivity contribution is 5.79. The van der Waals surface area contributed by atoms with Gasteiger partial charge >= 0.3 is 0 Å². The smallest absolute Gasteiger partial charge is 0.115 e. The van der Waals surface area contributed by atoms with Crippen LogP contribution in [0.5, 0.6) is 5.75 Å². The summed E-state index contributed by atoms with van der Waals surface area (Å²) in [4.78, 5) is 0. The third-order valence-electron chi connectivity index (χ3n) is 2.52. The van der Waals surface area contributed by atoms with Gasteiger partial charge in [-0.25, -0.2) is 0 Å². The largest absolute Gasteiger partial charge is 0.508 e. The van der Waals surface area contributed by atoms with Crippen molar-refractivity contribution in [3.8, 4) is 16.9 Å². The summed E-state index contributed by atoms with van der Waals surface area (Å²) in [5, 5.41) is 12.3. The Kier molecular flexibility index (Phi) is 2.68. The fraction of sp³-hybridized carbons (Fsp3) is 0.0769. The Bertz CT molecular complexity index is 492. The van der Waals surface area contributed by atoms with Gasteiger partial charge < -0.3 is 16.2 Å². The van der Waals surface area contributed by atoms with Crippen molar-refractivity contribution >= 4 is 11.4 Å². The summed E-state index contributed by atoms with van der Waals surface area (Å²) in [6.07, 6.45) is 0. The van der Waals surface area contributed by atoms with Crippen molar-refractivity contribution in [3.05, 3.63) is 42.5 Å². The van der Waals surface area contributed by atoms with Gasteiger partial charge in [-0.1, -0.05) is 12.1 Å². The van der Waals surface area contributed by atoms with Gasteiger partial charge in [0.05, 0.1) is 0 Å². The molecule has 3 heteroatoms. The zero-order valence-corrected chi connectivity index (χ0v) is 9.07. The van der Waals surface area contributed by atoms with Crippen LogP contribution >= 0.6 is 0 Å². The molecule has 82 valence electrons. The third kappa shape index (κ3) is 1.93. The van der Waals surface area contributed by atoms with Crippen molar-refractivity contribution in [2.45, 2.75) is 0 Å².